The maximum absolute atomic E-state index is 10.6. The van der Waals surface area contributed by atoms with Crippen LogP contribution in [-0.4, -0.2) is 26.2 Å². The Morgan fingerprint density at radius 1 is 1.33 bits per heavy atom. The molecular formula is C11H11N3O4. The fourth-order valence-electron chi connectivity index (χ4n) is 1.38. The zero-order chi connectivity index (χ0) is 13.1. The van der Waals surface area contributed by atoms with Crippen molar-refractivity contribution in [1.29, 1.82) is 0 Å². The second-order valence-corrected chi connectivity index (χ2v) is 3.71. The first kappa shape index (κ1) is 12.0. The van der Waals surface area contributed by atoms with Crippen molar-refractivity contribution in [1.82, 2.24) is 15.1 Å². The average Bonchev–Trinajstić information content (AvgIpc) is 2.73. The van der Waals surface area contributed by atoms with E-state index in [1.54, 1.807) is 0 Å². The molecule has 0 aliphatic heterocycles. The molecule has 0 radical (unpaired) electrons. The number of carboxylic acid groups (broad SMARTS) is 1. The predicted octanol–water partition coefficient (Wildman–Crippen LogP) is 1.36. The van der Waals surface area contributed by atoms with Crippen LogP contribution in [0.15, 0.2) is 16.7 Å². The van der Waals surface area contributed by atoms with Crippen molar-refractivity contribution in [2.75, 3.05) is 0 Å². The highest BCUT2D eigenvalue weighted by Crippen LogP contribution is 2.10. The van der Waals surface area contributed by atoms with Gasteiger partial charge in [-0.3, -0.25) is 0 Å². The smallest absolute Gasteiger partial charge is 0.358 e. The lowest BCUT2D eigenvalue weighted by Gasteiger charge is -2.03. The summed E-state index contributed by atoms with van der Waals surface area (Å²) in [6.45, 7) is 3.69. The Bertz CT molecular complexity index is 559. The molecule has 0 aliphatic carbocycles. The van der Waals surface area contributed by atoms with Crippen LogP contribution in [0.4, 0.5) is 0 Å². The molecular weight excluding hydrogens is 238 g/mol. The second kappa shape index (κ2) is 4.82. The van der Waals surface area contributed by atoms with Crippen molar-refractivity contribution < 1.29 is 19.2 Å². The highest BCUT2D eigenvalue weighted by atomic mass is 16.5. The molecule has 2 heterocycles. The number of aryl methyl sites for hydroxylation is 2. The zero-order valence-corrected chi connectivity index (χ0v) is 9.88. The first-order valence-electron chi connectivity index (χ1n) is 5.18. The summed E-state index contributed by atoms with van der Waals surface area (Å²) in [5.41, 5.74) is 1.43. The summed E-state index contributed by atoms with van der Waals surface area (Å²) in [6.07, 6.45) is 0. The molecule has 0 bridgehead atoms. The molecule has 0 saturated heterocycles. The van der Waals surface area contributed by atoms with E-state index in [0.717, 1.165) is 11.4 Å². The molecule has 0 unspecified atom stereocenters. The minimum atomic E-state index is -1.15. The van der Waals surface area contributed by atoms with Gasteiger partial charge in [0.2, 0.25) is 0 Å². The molecule has 2 aromatic heterocycles. The molecule has 0 spiro atoms. The first-order valence-corrected chi connectivity index (χ1v) is 5.18. The Balaban J connectivity index is 2.04. The van der Waals surface area contributed by atoms with Gasteiger partial charge in [-0.15, -0.1) is 0 Å². The standard InChI is InChI=1S/C11H11N3O4/c1-6-3-7(2)13-11(12-6)17-5-8-4-9(10(15)16)14-18-8/h3-4H,5H2,1-2H3,(H,15,16). The lowest BCUT2D eigenvalue weighted by atomic mass is 10.4. The minimum absolute atomic E-state index is 0.0309. The van der Waals surface area contributed by atoms with Gasteiger partial charge in [0.1, 0.15) is 0 Å². The van der Waals surface area contributed by atoms with Gasteiger partial charge in [-0.2, -0.15) is 0 Å². The number of carbonyl (C=O) groups is 1. The van der Waals surface area contributed by atoms with E-state index in [1.165, 1.54) is 6.07 Å². The molecule has 1 N–H and O–H groups in total. The predicted molar refractivity (Wildman–Crippen MR) is 59.3 cm³/mol. The number of ether oxygens (including phenoxy) is 1. The minimum Gasteiger partial charge on any atom is -0.476 e. The Morgan fingerprint density at radius 2 is 2.00 bits per heavy atom. The van der Waals surface area contributed by atoms with Gasteiger partial charge in [0.15, 0.2) is 18.1 Å². The van der Waals surface area contributed by atoms with E-state index in [4.69, 9.17) is 14.4 Å². The zero-order valence-electron chi connectivity index (χ0n) is 9.88. The molecule has 0 fully saturated rings. The van der Waals surface area contributed by atoms with Gasteiger partial charge in [0.25, 0.3) is 0 Å². The van der Waals surface area contributed by atoms with E-state index in [1.807, 2.05) is 19.9 Å². The Kier molecular flexibility index (Phi) is 3.22. The summed E-state index contributed by atoms with van der Waals surface area (Å²) in [7, 11) is 0. The molecule has 2 aromatic rings. The highest BCUT2D eigenvalue weighted by Gasteiger charge is 2.11. The van der Waals surface area contributed by atoms with Crippen LogP contribution in [0.3, 0.4) is 0 Å². The van der Waals surface area contributed by atoms with E-state index < -0.39 is 5.97 Å². The number of nitrogens with zero attached hydrogens (tertiary/aromatic N) is 3. The molecule has 18 heavy (non-hydrogen) atoms. The van der Waals surface area contributed by atoms with Crippen molar-refractivity contribution in [3.63, 3.8) is 0 Å². The molecule has 0 atom stereocenters. The maximum Gasteiger partial charge on any atom is 0.358 e. The fourth-order valence-corrected chi connectivity index (χ4v) is 1.38. The van der Waals surface area contributed by atoms with Crippen molar-refractivity contribution in [3.05, 3.63) is 35.0 Å². The summed E-state index contributed by atoms with van der Waals surface area (Å²) < 4.78 is 10.1. The maximum atomic E-state index is 10.6. The molecule has 7 heteroatoms. The topological polar surface area (TPSA) is 98.3 Å². The molecule has 0 amide bonds. The van der Waals surface area contributed by atoms with Crippen molar-refractivity contribution in [2.24, 2.45) is 0 Å². The average molecular weight is 249 g/mol. The number of aromatic nitrogens is 3. The Hall–Kier alpha value is -2.44. The van der Waals surface area contributed by atoms with Crippen LogP contribution in [-0.2, 0) is 6.61 Å². The van der Waals surface area contributed by atoms with Crippen molar-refractivity contribution in [2.45, 2.75) is 20.5 Å². The van der Waals surface area contributed by atoms with Crippen LogP contribution < -0.4 is 4.74 Å². The lowest BCUT2D eigenvalue weighted by Crippen LogP contribution is -2.01. The van der Waals surface area contributed by atoms with Crippen LogP contribution in [0.2, 0.25) is 0 Å². The summed E-state index contributed by atoms with van der Waals surface area (Å²) in [5.74, 6) is -0.845. The molecule has 94 valence electrons. The van der Waals surface area contributed by atoms with E-state index in [2.05, 4.69) is 15.1 Å². The van der Waals surface area contributed by atoms with Crippen molar-refractivity contribution >= 4 is 5.97 Å². The van der Waals surface area contributed by atoms with Gasteiger partial charge >= 0.3 is 12.0 Å². The summed E-state index contributed by atoms with van der Waals surface area (Å²) in [5, 5.41) is 12.0. The summed E-state index contributed by atoms with van der Waals surface area (Å²) >= 11 is 0. The van der Waals surface area contributed by atoms with Crippen molar-refractivity contribution in [3.8, 4) is 6.01 Å². The third kappa shape index (κ3) is 2.82. The number of hydrogen-bond acceptors (Lipinski definition) is 6. The van der Waals surface area contributed by atoms with Gasteiger partial charge in [0.05, 0.1) is 0 Å². The van der Waals surface area contributed by atoms with Gasteiger partial charge in [-0.1, -0.05) is 5.16 Å². The van der Waals surface area contributed by atoms with Gasteiger partial charge < -0.3 is 14.4 Å². The molecule has 0 saturated carbocycles. The second-order valence-electron chi connectivity index (χ2n) is 3.71. The van der Waals surface area contributed by atoms with E-state index in [9.17, 15) is 4.79 Å². The Labute approximate surface area is 102 Å². The highest BCUT2D eigenvalue weighted by molar-refractivity contribution is 5.85. The fraction of sp³-hybridized carbons (Fsp3) is 0.273. The third-order valence-electron chi connectivity index (χ3n) is 2.08. The van der Waals surface area contributed by atoms with Crippen LogP contribution >= 0.6 is 0 Å². The number of hydrogen-bond donors (Lipinski definition) is 1. The van der Waals surface area contributed by atoms with E-state index in [-0.39, 0.29) is 18.3 Å². The number of aromatic carboxylic acids is 1. The lowest BCUT2D eigenvalue weighted by molar-refractivity contribution is 0.0685. The normalized spacial score (nSPS) is 10.3. The number of carboxylic acids is 1. The largest absolute Gasteiger partial charge is 0.476 e. The quantitative estimate of drug-likeness (QED) is 0.873. The summed E-state index contributed by atoms with van der Waals surface area (Å²) in [6, 6.07) is 3.34. The third-order valence-corrected chi connectivity index (χ3v) is 2.08. The van der Waals surface area contributed by atoms with Gasteiger partial charge in [-0.25, -0.2) is 14.8 Å². The number of rotatable bonds is 4. The first-order chi connectivity index (χ1) is 8.54. The van der Waals surface area contributed by atoms with Gasteiger partial charge in [0, 0.05) is 17.5 Å². The molecule has 2 rings (SSSR count). The molecule has 7 nitrogen and oxygen atoms in total. The SMILES string of the molecule is Cc1cc(C)nc(OCc2cc(C(=O)O)no2)n1. The van der Waals surface area contributed by atoms with Crippen LogP contribution in [0, 0.1) is 13.8 Å². The molecule has 0 aromatic carbocycles. The molecule has 0 aliphatic rings. The van der Waals surface area contributed by atoms with Crippen LogP contribution in [0.25, 0.3) is 0 Å². The van der Waals surface area contributed by atoms with Crippen LogP contribution in [0.5, 0.6) is 6.01 Å². The van der Waals surface area contributed by atoms with Gasteiger partial charge in [-0.05, 0) is 19.9 Å². The monoisotopic (exact) mass is 249 g/mol. The van der Waals surface area contributed by atoms with E-state index >= 15 is 0 Å². The van der Waals surface area contributed by atoms with E-state index in [0.29, 0.717) is 5.76 Å². The Morgan fingerprint density at radius 3 is 2.56 bits per heavy atom. The van der Waals surface area contributed by atoms with Crippen LogP contribution in [0.1, 0.15) is 27.6 Å². The summed E-state index contributed by atoms with van der Waals surface area (Å²) in [4.78, 5) is 18.7.